The van der Waals surface area contributed by atoms with Crippen molar-refractivity contribution < 1.29 is 62.9 Å². The molecule has 0 aromatic heterocycles. The molecule has 0 radical (unpaired) electrons. The average Bonchev–Trinajstić information content (AvgIpc) is 3.05. The maximum atomic E-state index is 12.8. The van der Waals surface area contributed by atoms with Crippen LogP contribution in [-0.4, -0.2) is 129 Å². The van der Waals surface area contributed by atoms with Crippen molar-refractivity contribution in [2.45, 2.75) is 13.0 Å². The molecule has 1 fully saturated rings. The average molecular weight is 647 g/mol. The van der Waals surface area contributed by atoms with Crippen LogP contribution in [0.25, 0.3) is 6.08 Å². The first-order chi connectivity index (χ1) is 22.0. The monoisotopic (exact) mass is 646 g/mol. The quantitative estimate of drug-likeness (QED) is 0.181. The van der Waals surface area contributed by atoms with Crippen LogP contribution in [0.5, 0.6) is 34.5 Å². The number of benzene rings is 2. The van der Waals surface area contributed by atoms with Crippen LogP contribution in [0.3, 0.4) is 0 Å². The van der Waals surface area contributed by atoms with Crippen molar-refractivity contribution in [1.29, 1.82) is 0 Å². The maximum absolute atomic E-state index is 12.8. The molecule has 2 aromatic rings. The smallest absolute Gasteiger partial charge is 0.414 e. The zero-order valence-corrected chi connectivity index (χ0v) is 26.0. The zero-order chi connectivity index (χ0) is 33.8. The molecule has 0 spiro atoms. The summed E-state index contributed by atoms with van der Waals surface area (Å²) in [4.78, 5) is 46.7. The summed E-state index contributed by atoms with van der Waals surface area (Å²) in [6.07, 6.45) is 2.49. The summed E-state index contributed by atoms with van der Waals surface area (Å²) in [7, 11) is 4.63. The summed E-state index contributed by atoms with van der Waals surface area (Å²) < 4.78 is 33.2. The number of methoxy groups -OCH3 is 3. The van der Waals surface area contributed by atoms with Crippen LogP contribution >= 0.6 is 0 Å². The second-order valence-electron chi connectivity index (χ2n) is 10.0. The van der Waals surface area contributed by atoms with Gasteiger partial charge in [0.05, 0.1) is 26.9 Å². The van der Waals surface area contributed by atoms with E-state index in [0.717, 1.165) is 5.56 Å². The Balaban J connectivity index is 0.000000875. The van der Waals surface area contributed by atoms with Crippen molar-refractivity contribution in [2.75, 3.05) is 73.9 Å². The number of carbonyl (C=O) groups is 4. The number of ether oxygens (including phenoxy) is 6. The Morgan fingerprint density at radius 1 is 0.870 bits per heavy atom. The van der Waals surface area contributed by atoms with E-state index < -0.39 is 18.0 Å². The minimum atomic E-state index is -1.82. The van der Waals surface area contributed by atoms with Crippen molar-refractivity contribution in [2.24, 2.45) is 0 Å². The number of aliphatic carboxylic acids is 2. The normalized spacial score (nSPS) is 14.8. The minimum Gasteiger partial charge on any atom is -0.493 e. The van der Waals surface area contributed by atoms with Crippen LogP contribution in [0.4, 0.5) is 0 Å². The highest BCUT2D eigenvalue weighted by Crippen LogP contribution is 2.42. The first kappa shape index (κ1) is 35.5. The largest absolute Gasteiger partial charge is 0.493 e. The van der Waals surface area contributed by atoms with Gasteiger partial charge < -0.3 is 48.6 Å². The standard InChI is InChI=1S/C29H36N2O9.C2H2O4/c1-19(32)22-6-7-23(29-27(22)38-13-14-39-29)40-18-21(33)17-30-9-11-31(12-10-30)26(34)8-5-20-15-24(35-2)28(37-4)25(16-20)36-3;3-1(4)2(5)6/h5-8,15-16,21,33H,9-14,17-18H2,1-4H3;(H,3,4)(H,5,6). The molecule has 1 amide bonds. The molecule has 4 rings (SSSR count). The lowest BCUT2D eigenvalue weighted by atomic mass is 10.1. The molecule has 46 heavy (non-hydrogen) atoms. The molecule has 0 aliphatic carbocycles. The Morgan fingerprint density at radius 2 is 1.46 bits per heavy atom. The first-order valence-electron chi connectivity index (χ1n) is 14.2. The Bertz CT molecular complexity index is 1400. The van der Waals surface area contributed by atoms with E-state index in [1.54, 1.807) is 49.5 Å². The summed E-state index contributed by atoms with van der Waals surface area (Å²) in [5.74, 6) is -1.16. The highest BCUT2D eigenvalue weighted by atomic mass is 16.6. The number of carboxylic acid groups (broad SMARTS) is 2. The molecular weight excluding hydrogens is 608 g/mol. The number of amides is 1. The molecular formula is C31H38N2O13. The van der Waals surface area contributed by atoms with Crippen molar-refractivity contribution in [3.63, 3.8) is 0 Å². The first-order valence-corrected chi connectivity index (χ1v) is 14.2. The number of carbonyl (C=O) groups excluding carboxylic acids is 2. The van der Waals surface area contributed by atoms with Crippen molar-refractivity contribution in [3.8, 4) is 34.5 Å². The molecule has 15 heteroatoms. The fourth-order valence-electron chi connectivity index (χ4n) is 4.66. The van der Waals surface area contributed by atoms with Crippen LogP contribution in [0.1, 0.15) is 22.8 Å². The molecule has 0 bridgehead atoms. The zero-order valence-electron chi connectivity index (χ0n) is 26.0. The van der Waals surface area contributed by atoms with E-state index in [9.17, 15) is 14.7 Å². The van der Waals surface area contributed by atoms with Gasteiger partial charge in [-0.15, -0.1) is 0 Å². The van der Waals surface area contributed by atoms with E-state index in [1.165, 1.54) is 20.1 Å². The van der Waals surface area contributed by atoms with E-state index in [1.807, 2.05) is 0 Å². The number of hydrogen-bond donors (Lipinski definition) is 3. The number of fused-ring (bicyclic) bond motifs is 1. The van der Waals surface area contributed by atoms with Gasteiger partial charge in [0.2, 0.25) is 17.4 Å². The van der Waals surface area contributed by atoms with Crippen LogP contribution < -0.4 is 28.4 Å². The Labute approximate surface area is 265 Å². The number of β-amino-alcohol motifs (C(OH)–C–C–N with tert-alkyl or cyclic N) is 1. The summed E-state index contributed by atoms with van der Waals surface area (Å²) in [5.41, 5.74) is 1.19. The Kier molecular flexibility index (Phi) is 13.0. The third kappa shape index (κ3) is 9.49. The fourth-order valence-corrected chi connectivity index (χ4v) is 4.66. The molecule has 15 nitrogen and oxygen atoms in total. The highest BCUT2D eigenvalue weighted by molar-refractivity contribution is 6.27. The number of piperazine rings is 1. The number of rotatable bonds is 11. The van der Waals surface area contributed by atoms with Crippen molar-refractivity contribution >= 4 is 29.7 Å². The molecule has 2 aliphatic heterocycles. The van der Waals surface area contributed by atoms with Crippen LogP contribution in [0.2, 0.25) is 0 Å². The predicted molar refractivity (Wildman–Crippen MR) is 162 cm³/mol. The van der Waals surface area contributed by atoms with Crippen molar-refractivity contribution in [1.82, 2.24) is 9.80 Å². The SMILES string of the molecule is COc1cc(C=CC(=O)N2CCN(CC(O)COc3ccc(C(C)=O)c4c3OCCO4)CC2)cc(OC)c1OC.O=C(O)C(=O)O. The number of nitrogens with zero attached hydrogens (tertiary/aromatic N) is 2. The van der Waals surface area contributed by atoms with Gasteiger partial charge in [-0.1, -0.05) is 0 Å². The number of Topliss-reactive ketones (excluding diaryl/α,β-unsaturated/α-hetero) is 1. The van der Waals surface area contributed by atoms with Gasteiger partial charge in [-0.2, -0.15) is 0 Å². The number of aliphatic hydroxyl groups excluding tert-OH is 1. The van der Waals surface area contributed by atoms with Gasteiger partial charge in [-0.05, 0) is 42.8 Å². The second-order valence-corrected chi connectivity index (χ2v) is 10.0. The summed E-state index contributed by atoms with van der Waals surface area (Å²) in [5, 5.41) is 25.4. The summed E-state index contributed by atoms with van der Waals surface area (Å²) in [6.45, 7) is 4.95. The van der Waals surface area contributed by atoms with Crippen LogP contribution in [0.15, 0.2) is 30.3 Å². The topological polar surface area (TPSA) is 191 Å². The van der Waals surface area contributed by atoms with E-state index in [4.69, 9.17) is 48.2 Å². The summed E-state index contributed by atoms with van der Waals surface area (Å²) in [6, 6.07) is 6.86. The summed E-state index contributed by atoms with van der Waals surface area (Å²) >= 11 is 0. The number of carboxylic acids is 2. The third-order valence-electron chi connectivity index (χ3n) is 6.90. The molecule has 3 N–H and O–H groups in total. The van der Waals surface area contributed by atoms with Gasteiger partial charge in [-0.25, -0.2) is 9.59 Å². The molecule has 1 saturated heterocycles. The van der Waals surface area contributed by atoms with Crippen LogP contribution in [-0.2, 0) is 14.4 Å². The van der Waals surface area contributed by atoms with E-state index in [-0.39, 0.29) is 18.3 Å². The van der Waals surface area contributed by atoms with Gasteiger partial charge in [0.15, 0.2) is 28.8 Å². The van der Waals surface area contributed by atoms with E-state index in [2.05, 4.69) is 4.90 Å². The maximum Gasteiger partial charge on any atom is 0.414 e. The van der Waals surface area contributed by atoms with Gasteiger partial charge in [0.25, 0.3) is 0 Å². The second kappa shape index (κ2) is 16.9. The molecule has 2 aromatic carbocycles. The Morgan fingerprint density at radius 3 is 1.98 bits per heavy atom. The number of hydrogen-bond acceptors (Lipinski definition) is 12. The molecule has 250 valence electrons. The predicted octanol–water partition coefficient (Wildman–Crippen LogP) is 1.44. The number of ketones is 1. The van der Waals surface area contributed by atoms with Crippen molar-refractivity contribution in [3.05, 3.63) is 41.5 Å². The third-order valence-corrected chi connectivity index (χ3v) is 6.90. The van der Waals surface area contributed by atoms with E-state index >= 15 is 0 Å². The molecule has 1 atom stereocenters. The van der Waals surface area contributed by atoms with Gasteiger partial charge >= 0.3 is 11.9 Å². The molecule has 2 aliphatic rings. The van der Waals surface area contributed by atoms with Crippen LogP contribution in [0, 0.1) is 0 Å². The van der Waals surface area contributed by atoms with Gasteiger partial charge in [0.1, 0.15) is 25.9 Å². The molecule has 0 saturated carbocycles. The number of aliphatic hydroxyl groups is 1. The highest BCUT2D eigenvalue weighted by Gasteiger charge is 2.25. The minimum absolute atomic E-state index is 0.0475. The lowest BCUT2D eigenvalue weighted by molar-refractivity contribution is -0.159. The molecule has 1 unspecified atom stereocenters. The lowest BCUT2D eigenvalue weighted by Crippen LogP contribution is -2.50. The van der Waals surface area contributed by atoms with Gasteiger partial charge in [0, 0.05) is 38.8 Å². The lowest BCUT2D eigenvalue weighted by Gasteiger charge is -2.35. The Hall–Kier alpha value is -5.02. The molecule has 2 heterocycles. The van der Waals surface area contributed by atoms with E-state index in [0.29, 0.717) is 86.0 Å². The fraction of sp³-hybridized carbons (Fsp3) is 0.419. The van der Waals surface area contributed by atoms with Gasteiger partial charge in [-0.3, -0.25) is 14.5 Å².